The van der Waals surface area contributed by atoms with Crippen molar-refractivity contribution in [1.82, 2.24) is 5.32 Å². The van der Waals surface area contributed by atoms with E-state index in [9.17, 15) is 0 Å². The van der Waals surface area contributed by atoms with Crippen molar-refractivity contribution in [3.8, 4) is 0 Å². The van der Waals surface area contributed by atoms with Crippen LogP contribution in [-0.2, 0) is 0 Å². The van der Waals surface area contributed by atoms with Crippen LogP contribution in [0.25, 0.3) is 0 Å². The van der Waals surface area contributed by atoms with Gasteiger partial charge < -0.3 is 5.32 Å². The monoisotopic (exact) mass is 231 g/mol. The van der Waals surface area contributed by atoms with Crippen molar-refractivity contribution in [1.29, 1.82) is 0 Å². The highest BCUT2D eigenvalue weighted by Gasteiger charge is 2.28. The van der Waals surface area contributed by atoms with E-state index in [0.29, 0.717) is 0 Å². The molecule has 1 aromatic rings. The van der Waals surface area contributed by atoms with Crippen LogP contribution in [0, 0.1) is 19.8 Å². The minimum atomic E-state index is 0.786. The third-order valence-electron chi connectivity index (χ3n) is 4.15. The standard InChI is InChI=1S/C16H25N/c1-4-17-11-14-6-5-7-15(14)16-10-12(2)8-9-13(16)3/h8-10,14-15,17H,4-7,11H2,1-3H3. The molecule has 0 aromatic heterocycles. The van der Waals surface area contributed by atoms with Crippen molar-refractivity contribution in [2.24, 2.45) is 5.92 Å². The maximum Gasteiger partial charge on any atom is -0.00148 e. The molecule has 1 nitrogen and oxygen atoms in total. The fourth-order valence-electron chi connectivity index (χ4n) is 3.18. The maximum absolute atomic E-state index is 3.52. The molecule has 1 saturated carbocycles. The molecule has 0 spiro atoms. The van der Waals surface area contributed by atoms with Crippen molar-refractivity contribution in [2.75, 3.05) is 13.1 Å². The fraction of sp³-hybridized carbons (Fsp3) is 0.625. The van der Waals surface area contributed by atoms with E-state index >= 15 is 0 Å². The first-order valence-corrected chi connectivity index (χ1v) is 7.00. The van der Waals surface area contributed by atoms with Crippen LogP contribution in [0.15, 0.2) is 18.2 Å². The summed E-state index contributed by atoms with van der Waals surface area (Å²) in [7, 11) is 0. The largest absolute Gasteiger partial charge is 0.317 e. The summed E-state index contributed by atoms with van der Waals surface area (Å²) < 4.78 is 0. The Labute approximate surface area is 106 Å². The van der Waals surface area contributed by atoms with Crippen LogP contribution >= 0.6 is 0 Å². The molecule has 1 N–H and O–H groups in total. The molecular formula is C16H25N. The Morgan fingerprint density at radius 2 is 2.06 bits per heavy atom. The summed E-state index contributed by atoms with van der Waals surface area (Å²) in [5.41, 5.74) is 4.48. The Kier molecular flexibility index (Phi) is 4.22. The van der Waals surface area contributed by atoms with Crippen molar-refractivity contribution in [2.45, 2.75) is 46.0 Å². The van der Waals surface area contributed by atoms with Gasteiger partial charge in [0.05, 0.1) is 0 Å². The molecule has 1 aliphatic rings. The molecule has 0 saturated heterocycles. The zero-order valence-corrected chi connectivity index (χ0v) is 11.4. The minimum absolute atomic E-state index is 0.786. The lowest BCUT2D eigenvalue weighted by Gasteiger charge is -2.22. The van der Waals surface area contributed by atoms with Gasteiger partial charge in [-0.2, -0.15) is 0 Å². The molecule has 0 amide bonds. The van der Waals surface area contributed by atoms with E-state index in [4.69, 9.17) is 0 Å². The summed E-state index contributed by atoms with van der Waals surface area (Å²) in [5.74, 6) is 1.63. The Morgan fingerprint density at radius 3 is 2.82 bits per heavy atom. The van der Waals surface area contributed by atoms with Crippen molar-refractivity contribution < 1.29 is 0 Å². The van der Waals surface area contributed by atoms with Crippen LogP contribution in [0.5, 0.6) is 0 Å². The Balaban J connectivity index is 2.16. The van der Waals surface area contributed by atoms with Crippen LogP contribution in [-0.4, -0.2) is 13.1 Å². The number of nitrogens with one attached hydrogen (secondary N) is 1. The first-order valence-electron chi connectivity index (χ1n) is 7.00. The summed E-state index contributed by atoms with van der Waals surface area (Å²) in [6, 6.07) is 6.92. The zero-order chi connectivity index (χ0) is 12.3. The van der Waals surface area contributed by atoms with E-state index in [2.05, 4.69) is 44.3 Å². The SMILES string of the molecule is CCNCC1CCCC1c1cc(C)ccc1C. The lowest BCUT2D eigenvalue weighted by Crippen LogP contribution is -2.24. The van der Waals surface area contributed by atoms with E-state index in [1.54, 1.807) is 5.56 Å². The smallest absolute Gasteiger partial charge is 0.00148 e. The highest BCUT2D eigenvalue weighted by atomic mass is 14.8. The lowest BCUT2D eigenvalue weighted by molar-refractivity contribution is 0.449. The number of rotatable bonds is 4. The molecule has 1 aliphatic carbocycles. The summed E-state index contributed by atoms with van der Waals surface area (Å²) in [6.45, 7) is 8.95. The summed E-state index contributed by atoms with van der Waals surface area (Å²) in [6.07, 6.45) is 4.17. The fourth-order valence-corrected chi connectivity index (χ4v) is 3.18. The first-order chi connectivity index (χ1) is 8.22. The molecule has 94 valence electrons. The maximum atomic E-state index is 3.52. The Morgan fingerprint density at radius 1 is 1.24 bits per heavy atom. The summed E-state index contributed by atoms with van der Waals surface area (Å²) in [5, 5.41) is 3.52. The molecule has 2 unspecified atom stereocenters. The predicted octanol–water partition coefficient (Wildman–Crippen LogP) is 3.80. The zero-order valence-electron chi connectivity index (χ0n) is 11.4. The first kappa shape index (κ1) is 12.6. The third kappa shape index (κ3) is 2.90. The Hall–Kier alpha value is -0.820. The van der Waals surface area contributed by atoms with E-state index in [1.807, 2.05) is 0 Å². The van der Waals surface area contributed by atoms with Crippen LogP contribution in [0.4, 0.5) is 0 Å². The molecule has 0 aliphatic heterocycles. The second kappa shape index (κ2) is 5.68. The molecular weight excluding hydrogens is 206 g/mol. The highest BCUT2D eigenvalue weighted by molar-refractivity contribution is 5.34. The second-order valence-electron chi connectivity index (χ2n) is 5.47. The van der Waals surface area contributed by atoms with Crippen LogP contribution in [0.2, 0.25) is 0 Å². The topological polar surface area (TPSA) is 12.0 Å². The molecule has 1 aromatic carbocycles. The molecule has 2 atom stereocenters. The van der Waals surface area contributed by atoms with Gasteiger partial charge in [0.1, 0.15) is 0 Å². The van der Waals surface area contributed by atoms with Crippen LogP contribution in [0.1, 0.15) is 48.8 Å². The summed E-state index contributed by atoms with van der Waals surface area (Å²) >= 11 is 0. The third-order valence-corrected chi connectivity index (χ3v) is 4.15. The van der Waals surface area contributed by atoms with Gasteiger partial charge >= 0.3 is 0 Å². The van der Waals surface area contributed by atoms with Crippen molar-refractivity contribution in [3.63, 3.8) is 0 Å². The van der Waals surface area contributed by atoms with Gasteiger partial charge in [-0.1, -0.05) is 37.1 Å². The Bertz CT molecular complexity index is 370. The van der Waals surface area contributed by atoms with E-state index in [0.717, 1.165) is 18.4 Å². The van der Waals surface area contributed by atoms with Gasteiger partial charge in [0.15, 0.2) is 0 Å². The number of hydrogen-bond acceptors (Lipinski definition) is 1. The van der Waals surface area contributed by atoms with E-state index < -0.39 is 0 Å². The van der Waals surface area contributed by atoms with Crippen molar-refractivity contribution in [3.05, 3.63) is 34.9 Å². The number of aryl methyl sites for hydroxylation is 2. The van der Waals surface area contributed by atoms with Gasteiger partial charge in [-0.15, -0.1) is 0 Å². The second-order valence-corrected chi connectivity index (χ2v) is 5.47. The van der Waals surface area contributed by atoms with Gasteiger partial charge in [-0.05, 0) is 62.7 Å². The molecule has 0 radical (unpaired) electrons. The van der Waals surface area contributed by atoms with Gasteiger partial charge in [-0.3, -0.25) is 0 Å². The molecule has 0 bridgehead atoms. The van der Waals surface area contributed by atoms with E-state index in [1.165, 1.54) is 36.9 Å². The van der Waals surface area contributed by atoms with Crippen molar-refractivity contribution >= 4 is 0 Å². The van der Waals surface area contributed by atoms with Gasteiger partial charge in [0.2, 0.25) is 0 Å². The predicted molar refractivity (Wildman–Crippen MR) is 74.5 cm³/mol. The number of hydrogen-bond donors (Lipinski definition) is 1. The molecule has 2 rings (SSSR count). The molecule has 0 heterocycles. The summed E-state index contributed by atoms with van der Waals surface area (Å²) in [4.78, 5) is 0. The minimum Gasteiger partial charge on any atom is -0.317 e. The van der Waals surface area contributed by atoms with Gasteiger partial charge in [0.25, 0.3) is 0 Å². The normalized spacial score (nSPS) is 24.2. The highest BCUT2D eigenvalue weighted by Crippen LogP contribution is 2.40. The van der Waals surface area contributed by atoms with Gasteiger partial charge in [0, 0.05) is 0 Å². The van der Waals surface area contributed by atoms with Crippen LogP contribution < -0.4 is 5.32 Å². The average Bonchev–Trinajstić information content (AvgIpc) is 2.77. The quantitative estimate of drug-likeness (QED) is 0.831. The van der Waals surface area contributed by atoms with Crippen LogP contribution in [0.3, 0.4) is 0 Å². The lowest BCUT2D eigenvalue weighted by atomic mass is 9.85. The molecule has 17 heavy (non-hydrogen) atoms. The number of benzene rings is 1. The van der Waals surface area contributed by atoms with Gasteiger partial charge in [-0.25, -0.2) is 0 Å². The molecule has 1 heteroatoms. The molecule has 1 fully saturated rings. The average molecular weight is 231 g/mol. The van der Waals surface area contributed by atoms with E-state index in [-0.39, 0.29) is 0 Å².